The van der Waals surface area contributed by atoms with Crippen LogP contribution in [0.3, 0.4) is 0 Å². The lowest BCUT2D eigenvalue weighted by Gasteiger charge is -2.09. The van der Waals surface area contributed by atoms with Crippen LogP contribution in [0, 0.1) is 13.8 Å². The minimum Gasteiger partial charge on any atom is -0.352 e. The van der Waals surface area contributed by atoms with Gasteiger partial charge in [-0.3, -0.25) is 4.99 Å². The van der Waals surface area contributed by atoms with Crippen LogP contribution in [-0.2, 0) is 13.1 Å². The molecule has 2 N–H and O–H groups in total. The molecular formula is C13H18N4S2. The van der Waals surface area contributed by atoms with Crippen LogP contribution < -0.4 is 10.6 Å². The minimum absolute atomic E-state index is 0.712. The number of hydrogen-bond donors (Lipinski definition) is 2. The van der Waals surface area contributed by atoms with Crippen molar-refractivity contribution >= 4 is 28.6 Å². The maximum absolute atomic E-state index is 4.50. The Hall–Kier alpha value is -1.40. The normalized spacial score (nSPS) is 11.6. The third-order valence-corrected chi connectivity index (χ3v) is 4.66. The average Bonchev–Trinajstić information content (AvgIpc) is 3.01. The second-order valence-electron chi connectivity index (χ2n) is 4.11. The Labute approximate surface area is 121 Å². The second kappa shape index (κ2) is 6.68. The lowest BCUT2D eigenvalue weighted by Crippen LogP contribution is -2.36. The third kappa shape index (κ3) is 4.04. The van der Waals surface area contributed by atoms with E-state index in [2.05, 4.69) is 45.0 Å². The van der Waals surface area contributed by atoms with Crippen molar-refractivity contribution in [2.45, 2.75) is 26.9 Å². The van der Waals surface area contributed by atoms with Crippen LogP contribution >= 0.6 is 22.7 Å². The molecule has 0 fully saturated rings. The fourth-order valence-corrected chi connectivity index (χ4v) is 3.10. The number of nitrogens with zero attached hydrogens (tertiary/aromatic N) is 2. The monoisotopic (exact) mass is 294 g/mol. The van der Waals surface area contributed by atoms with Crippen molar-refractivity contribution in [3.63, 3.8) is 0 Å². The van der Waals surface area contributed by atoms with Gasteiger partial charge in [-0.25, -0.2) is 4.98 Å². The Morgan fingerprint density at radius 1 is 1.32 bits per heavy atom. The first kappa shape index (κ1) is 14.0. The number of guanidine groups is 1. The van der Waals surface area contributed by atoms with Crippen LogP contribution in [0.5, 0.6) is 0 Å². The van der Waals surface area contributed by atoms with Gasteiger partial charge in [-0.2, -0.15) is 0 Å². The summed E-state index contributed by atoms with van der Waals surface area (Å²) in [6, 6.07) is 4.16. The molecule has 2 aromatic rings. The van der Waals surface area contributed by atoms with Crippen molar-refractivity contribution in [1.82, 2.24) is 15.6 Å². The molecule has 0 aliphatic heterocycles. The van der Waals surface area contributed by atoms with E-state index in [1.807, 2.05) is 6.92 Å². The predicted molar refractivity (Wildman–Crippen MR) is 82.9 cm³/mol. The number of rotatable bonds is 4. The molecule has 0 bridgehead atoms. The Morgan fingerprint density at radius 3 is 2.68 bits per heavy atom. The summed E-state index contributed by atoms with van der Waals surface area (Å²) in [6.07, 6.45) is 0. The molecular weight excluding hydrogens is 276 g/mol. The molecule has 19 heavy (non-hydrogen) atoms. The molecule has 4 nitrogen and oxygen atoms in total. The smallest absolute Gasteiger partial charge is 0.191 e. The van der Waals surface area contributed by atoms with E-state index in [0.29, 0.717) is 6.54 Å². The molecule has 0 spiro atoms. The number of nitrogens with one attached hydrogen (secondary N) is 2. The van der Waals surface area contributed by atoms with Gasteiger partial charge in [0, 0.05) is 16.8 Å². The standard InChI is InChI=1S/C13H18N4S2/c1-9-10(2)19-12(17-9)8-16-13(14-3)15-7-11-5-4-6-18-11/h4-6H,7-8H2,1-3H3,(H2,14,15,16). The molecule has 0 atom stereocenters. The molecule has 0 aliphatic rings. The van der Waals surface area contributed by atoms with Gasteiger partial charge in [-0.15, -0.1) is 22.7 Å². The molecule has 0 unspecified atom stereocenters. The van der Waals surface area contributed by atoms with Gasteiger partial charge in [0.05, 0.1) is 18.8 Å². The van der Waals surface area contributed by atoms with E-state index in [9.17, 15) is 0 Å². The minimum atomic E-state index is 0.712. The number of aromatic nitrogens is 1. The van der Waals surface area contributed by atoms with Crippen molar-refractivity contribution in [3.05, 3.63) is 38.0 Å². The topological polar surface area (TPSA) is 49.3 Å². The Morgan fingerprint density at radius 2 is 2.11 bits per heavy atom. The molecule has 0 aromatic carbocycles. The van der Waals surface area contributed by atoms with Gasteiger partial charge in [0.1, 0.15) is 5.01 Å². The number of aryl methyl sites for hydroxylation is 2. The molecule has 0 amide bonds. The fourth-order valence-electron chi connectivity index (χ4n) is 1.58. The average molecular weight is 294 g/mol. The van der Waals surface area contributed by atoms with E-state index in [1.54, 1.807) is 29.7 Å². The van der Waals surface area contributed by atoms with Crippen molar-refractivity contribution < 1.29 is 0 Å². The van der Waals surface area contributed by atoms with E-state index < -0.39 is 0 Å². The summed E-state index contributed by atoms with van der Waals surface area (Å²) in [5.41, 5.74) is 1.11. The number of hydrogen-bond acceptors (Lipinski definition) is 4. The van der Waals surface area contributed by atoms with Gasteiger partial charge in [0.25, 0.3) is 0 Å². The lowest BCUT2D eigenvalue weighted by molar-refractivity contribution is 0.809. The summed E-state index contributed by atoms with van der Waals surface area (Å²) in [4.78, 5) is 11.3. The summed E-state index contributed by atoms with van der Waals surface area (Å²) < 4.78 is 0. The highest BCUT2D eigenvalue weighted by Gasteiger charge is 2.04. The van der Waals surface area contributed by atoms with Crippen LogP contribution in [0.15, 0.2) is 22.5 Å². The molecule has 0 saturated heterocycles. The summed E-state index contributed by atoms with van der Waals surface area (Å²) in [6.45, 7) is 5.65. The number of thiophene rings is 1. The van der Waals surface area contributed by atoms with E-state index >= 15 is 0 Å². The Balaban J connectivity index is 1.82. The molecule has 0 saturated carbocycles. The maximum atomic E-state index is 4.50. The summed E-state index contributed by atoms with van der Waals surface area (Å²) in [5, 5.41) is 9.74. The van der Waals surface area contributed by atoms with Gasteiger partial charge >= 0.3 is 0 Å². The van der Waals surface area contributed by atoms with Crippen molar-refractivity contribution in [2.24, 2.45) is 4.99 Å². The zero-order valence-corrected chi connectivity index (χ0v) is 13.0. The first-order valence-corrected chi connectivity index (χ1v) is 7.78. The highest BCUT2D eigenvalue weighted by molar-refractivity contribution is 7.11. The lowest BCUT2D eigenvalue weighted by atomic mass is 10.4. The molecule has 2 rings (SSSR count). The van der Waals surface area contributed by atoms with Crippen LogP contribution in [0.2, 0.25) is 0 Å². The van der Waals surface area contributed by atoms with Crippen molar-refractivity contribution in [3.8, 4) is 0 Å². The van der Waals surface area contributed by atoms with Crippen LogP contribution in [0.1, 0.15) is 20.5 Å². The quantitative estimate of drug-likeness (QED) is 0.673. The van der Waals surface area contributed by atoms with E-state index in [-0.39, 0.29) is 0 Å². The molecule has 2 aromatic heterocycles. The van der Waals surface area contributed by atoms with Gasteiger partial charge < -0.3 is 10.6 Å². The second-order valence-corrected chi connectivity index (χ2v) is 6.43. The molecule has 6 heteroatoms. The number of aliphatic imine (C=N–C) groups is 1. The van der Waals surface area contributed by atoms with Gasteiger partial charge in [0.15, 0.2) is 5.96 Å². The van der Waals surface area contributed by atoms with E-state index in [0.717, 1.165) is 23.2 Å². The molecule has 102 valence electrons. The predicted octanol–water partition coefficient (Wildman–Crippen LogP) is 2.69. The maximum Gasteiger partial charge on any atom is 0.191 e. The van der Waals surface area contributed by atoms with Crippen LogP contribution in [0.25, 0.3) is 0 Å². The summed E-state index contributed by atoms with van der Waals surface area (Å²) in [5.74, 6) is 0.805. The first-order chi connectivity index (χ1) is 9.19. The number of thiazole rings is 1. The zero-order chi connectivity index (χ0) is 13.7. The molecule has 0 aliphatic carbocycles. The molecule has 2 heterocycles. The van der Waals surface area contributed by atoms with Gasteiger partial charge in [-0.05, 0) is 25.3 Å². The first-order valence-electron chi connectivity index (χ1n) is 6.09. The Kier molecular flexibility index (Phi) is 4.93. The Bertz CT molecular complexity index is 523. The summed E-state index contributed by atoms with van der Waals surface area (Å²) >= 11 is 3.47. The van der Waals surface area contributed by atoms with Crippen LogP contribution in [0.4, 0.5) is 0 Å². The highest BCUT2D eigenvalue weighted by Crippen LogP contribution is 2.15. The van der Waals surface area contributed by atoms with Crippen molar-refractivity contribution in [2.75, 3.05) is 7.05 Å². The largest absolute Gasteiger partial charge is 0.352 e. The third-order valence-electron chi connectivity index (χ3n) is 2.71. The van der Waals surface area contributed by atoms with Crippen LogP contribution in [-0.4, -0.2) is 18.0 Å². The van der Waals surface area contributed by atoms with E-state index in [4.69, 9.17) is 0 Å². The fraction of sp³-hybridized carbons (Fsp3) is 0.385. The zero-order valence-electron chi connectivity index (χ0n) is 11.4. The summed E-state index contributed by atoms with van der Waals surface area (Å²) in [7, 11) is 1.78. The molecule has 0 radical (unpaired) electrons. The van der Waals surface area contributed by atoms with Crippen molar-refractivity contribution in [1.29, 1.82) is 0 Å². The van der Waals surface area contributed by atoms with Gasteiger partial charge in [-0.1, -0.05) is 6.07 Å². The SMILES string of the molecule is CN=C(NCc1cccs1)NCc1nc(C)c(C)s1. The van der Waals surface area contributed by atoms with E-state index in [1.165, 1.54) is 9.75 Å². The highest BCUT2D eigenvalue weighted by atomic mass is 32.1. The van der Waals surface area contributed by atoms with Gasteiger partial charge in [0.2, 0.25) is 0 Å².